The first kappa shape index (κ1) is 30.8. The fourth-order valence-corrected chi connectivity index (χ4v) is 10.3. The van der Waals surface area contributed by atoms with E-state index in [0.717, 1.165) is 66.5 Å². The molecule has 0 aliphatic heterocycles. The molecule has 0 atom stereocenters. The first-order valence-corrected chi connectivity index (χ1v) is 19.6. The molecule has 11 aromatic rings. The summed E-state index contributed by atoms with van der Waals surface area (Å²) in [6, 6.07) is 59.1. The second kappa shape index (κ2) is 11.2. The maximum atomic E-state index is 7.03. The average Bonchev–Trinajstić information content (AvgIpc) is 3.96. The van der Waals surface area contributed by atoms with Crippen LogP contribution in [0.4, 0.5) is 17.1 Å². The van der Waals surface area contributed by atoms with Crippen molar-refractivity contribution in [2.24, 2.45) is 0 Å². The molecule has 0 fully saturated rings. The number of benzene rings is 8. The molecule has 0 radical (unpaired) electrons. The van der Waals surface area contributed by atoms with Gasteiger partial charge in [0.15, 0.2) is 5.58 Å². The molecular formula is C51H33NO2S. The first-order valence-electron chi connectivity index (χ1n) is 18.8. The van der Waals surface area contributed by atoms with Crippen molar-refractivity contribution in [2.45, 2.75) is 19.3 Å². The molecule has 3 nitrogen and oxygen atoms in total. The standard InChI is InChI=1S/C51H33NO2S/c1-51(2)40-17-8-6-14-33(40)34-24-23-32(27-41(34)51)52(42-18-11-21-48-49(42)36-15-7-9-20-47(36)55-48)43-19-10-16-35-38-28-45-39(29-46(38)54-50(35)43)37-26-31(22-25-44(37)53-45)30-12-4-3-5-13-30/h3-29H,1-2H3. The molecular weight excluding hydrogens is 691 g/mol. The Balaban J connectivity index is 1.11. The average molecular weight is 724 g/mol. The predicted octanol–water partition coefficient (Wildman–Crippen LogP) is 15.3. The summed E-state index contributed by atoms with van der Waals surface area (Å²) in [7, 11) is 0. The molecule has 0 saturated heterocycles. The maximum Gasteiger partial charge on any atom is 0.159 e. The van der Waals surface area contributed by atoms with Gasteiger partial charge in [0.25, 0.3) is 0 Å². The number of furan rings is 2. The Kier molecular flexibility index (Phi) is 6.27. The van der Waals surface area contributed by atoms with Gasteiger partial charge >= 0.3 is 0 Å². The maximum absolute atomic E-state index is 7.03. The van der Waals surface area contributed by atoms with E-state index in [1.165, 1.54) is 48.0 Å². The fourth-order valence-electron chi connectivity index (χ4n) is 9.22. The predicted molar refractivity (Wildman–Crippen MR) is 232 cm³/mol. The van der Waals surface area contributed by atoms with E-state index in [1.807, 2.05) is 11.3 Å². The zero-order valence-corrected chi connectivity index (χ0v) is 31.1. The number of rotatable bonds is 4. The number of para-hydroxylation sites is 1. The van der Waals surface area contributed by atoms with Gasteiger partial charge in [-0.05, 0) is 94.0 Å². The smallest absolute Gasteiger partial charge is 0.159 e. The van der Waals surface area contributed by atoms with E-state index in [1.54, 1.807) is 0 Å². The molecule has 1 aliphatic rings. The van der Waals surface area contributed by atoms with E-state index in [0.29, 0.717) is 0 Å². The third-order valence-corrected chi connectivity index (χ3v) is 13.0. The lowest BCUT2D eigenvalue weighted by atomic mass is 9.82. The number of fused-ring (bicyclic) bond motifs is 12. The molecule has 0 N–H and O–H groups in total. The van der Waals surface area contributed by atoms with E-state index in [9.17, 15) is 0 Å². The number of thiophene rings is 1. The van der Waals surface area contributed by atoms with Crippen LogP contribution in [0.25, 0.3) is 86.3 Å². The highest BCUT2D eigenvalue weighted by molar-refractivity contribution is 7.26. The number of hydrogen-bond donors (Lipinski definition) is 0. The van der Waals surface area contributed by atoms with Gasteiger partial charge in [-0.25, -0.2) is 0 Å². The normalized spacial score (nSPS) is 13.4. The Labute approximate surface area is 321 Å². The Morgan fingerprint density at radius 3 is 2.05 bits per heavy atom. The summed E-state index contributed by atoms with van der Waals surface area (Å²) < 4.78 is 16.1. The summed E-state index contributed by atoms with van der Waals surface area (Å²) in [5.74, 6) is 0. The molecule has 1 aliphatic carbocycles. The van der Waals surface area contributed by atoms with Crippen LogP contribution in [0.5, 0.6) is 0 Å². The van der Waals surface area contributed by atoms with Crippen molar-refractivity contribution in [1.29, 1.82) is 0 Å². The second-order valence-corrected chi connectivity index (χ2v) is 16.3. The number of nitrogens with zero attached hydrogens (tertiary/aromatic N) is 1. The highest BCUT2D eigenvalue weighted by Gasteiger charge is 2.36. The largest absolute Gasteiger partial charge is 0.456 e. The van der Waals surface area contributed by atoms with Crippen molar-refractivity contribution in [3.05, 3.63) is 175 Å². The highest BCUT2D eigenvalue weighted by atomic mass is 32.1. The van der Waals surface area contributed by atoms with Crippen LogP contribution in [0.1, 0.15) is 25.0 Å². The minimum atomic E-state index is -0.142. The Hall–Kier alpha value is -6.62. The van der Waals surface area contributed by atoms with Crippen LogP contribution in [-0.2, 0) is 5.41 Å². The molecule has 4 heteroatoms. The Bertz CT molecular complexity index is 3360. The van der Waals surface area contributed by atoms with E-state index >= 15 is 0 Å². The molecule has 0 unspecified atom stereocenters. The molecule has 55 heavy (non-hydrogen) atoms. The Morgan fingerprint density at radius 2 is 1.15 bits per heavy atom. The molecule has 3 aromatic heterocycles. The fraction of sp³-hybridized carbons (Fsp3) is 0.0588. The monoisotopic (exact) mass is 723 g/mol. The quantitative estimate of drug-likeness (QED) is 0.181. The van der Waals surface area contributed by atoms with Gasteiger partial charge in [0.2, 0.25) is 0 Å². The summed E-state index contributed by atoms with van der Waals surface area (Å²) in [4.78, 5) is 2.43. The number of hydrogen-bond acceptors (Lipinski definition) is 4. The van der Waals surface area contributed by atoms with Gasteiger partial charge < -0.3 is 13.7 Å². The zero-order valence-electron chi connectivity index (χ0n) is 30.3. The van der Waals surface area contributed by atoms with E-state index in [4.69, 9.17) is 8.83 Å². The third-order valence-electron chi connectivity index (χ3n) is 11.9. The van der Waals surface area contributed by atoms with Gasteiger partial charge in [0.05, 0.1) is 11.4 Å². The van der Waals surface area contributed by atoms with Crippen molar-refractivity contribution >= 4 is 92.4 Å². The van der Waals surface area contributed by atoms with Gasteiger partial charge in [-0.2, -0.15) is 0 Å². The summed E-state index contributed by atoms with van der Waals surface area (Å²) in [5.41, 5.74) is 14.2. The van der Waals surface area contributed by atoms with Crippen LogP contribution in [0, 0.1) is 0 Å². The summed E-state index contributed by atoms with van der Waals surface area (Å²) in [6.45, 7) is 4.70. The van der Waals surface area contributed by atoms with Crippen molar-refractivity contribution in [1.82, 2.24) is 0 Å². The molecule has 0 saturated carbocycles. The summed E-state index contributed by atoms with van der Waals surface area (Å²) in [5, 5.41) is 6.73. The van der Waals surface area contributed by atoms with E-state index < -0.39 is 0 Å². The van der Waals surface area contributed by atoms with E-state index in [2.05, 4.69) is 183 Å². The van der Waals surface area contributed by atoms with Gasteiger partial charge in [0.1, 0.15) is 16.7 Å². The zero-order chi connectivity index (χ0) is 36.4. The molecule has 0 spiro atoms. The molecule has 260 valence electrons. The molecule has 0 amide bonds. The lowest BCUT2D eigenvalue weighted by molar-refractivity contribution is 0.660. The molecule has 12 rings (SSSR count). The lowest BCUT2D eigenvalue weighted by Gasteiger charge is -2.28. The highest BCUT2D eigenvalue weighted by Crippen LogP contribution is 2.53. The molecule has 3 heterocycles. The van der Waals surface area contributed by atoms with Gasteiger partial charge in [0, 0.05) is 52.8 Å². The molecule has 8 aromatic carbocycles. The van der Waals surface area contributed by atoms with Crippen molar-refractivity contribution in [3.63, 3.8) is 0 Å². The van der Waals surface area contributed by atoms with Crippen LogP contribution < -0.4 is 4.90 Å². The minimum Gasteiger partial charge on any atom is -0.456 e. The van der Waals surface area contributed by atoms with Crippen LogP contribution in [-0.4, -0.2) is 0 Å². The van der Waals surface area contributed by atoms with E-state index in [-0.39, 0.29) is 5.41 Å². The SMILES string of the molecule is CC1(C)c2ccccc2-c2ccc(N(c3cccc4c3oc3cc5c(cc34)oc3ccc(-c4ccccc4)cc35)c3cccc4sc5ccccc5c34)cc21. The van der Waals surface area contributed by atoms with Crippen LogP contribution in [0.2, 0.25) is 0 Å². The summed E-state index contributed by atoms with van der Waals surface area (Å²) >= 11 is 1.84. The van der Waals surface area contributed by atoms with Crippen molar-refractivity contribution < 1.29 is 8.83 Å². The van der Waals surface area contributed by atoms with Crippen molar-refractivity contribution in [2.75, 3.05) is 4.90 Å². The first-order chi connectivity index (χ1) is 27.0. The van der Waals surface area contributed by atoms with Gasteiger partial charge in [-0.15, -0.1) is 11.3 Å². The van der Waals surface area contributed by atoms with Crippen molar-refractivity contribution in [3.8, 4) is 22.3 Å². The van der Waals surface area contributed by atoms with Gasteiger partial charge in [-0.1, -0.05) is 117 Å². The second-order valence-electron chi connectivity index (χ2n) is 15.3. The minimum absolute atomic E-state index is 0.142. The topological polar surface area (TPSA) is 29.5 Å². The summed E-state index contributed by atoms with van der Waals surface area (Å²) in [6.07, 6.45) is 0. The lowest BCUT2D eigenvalue weighted by Crippen LogP contribution is -2.16. The third kappa shape index (κ3) is 4.37. The Morgan fingerprint density at radius 1 is 0.455 bits per heavy atom. The molecule has 0 bridgehead atoms. The number of anilines is 3. The van der Waals surface area contributed by atoms with Crippen LogP contribution in [0.3, 0.4) is 0 Å². The van der Waals surface area contributed by atoms with Crippen LogP contribution in [0.15, 0.2) is 173 Å². The van der Waals surface area contributed by atoms with Crippen LogP contribution >= 0.6 is 11.3 Å². The van der Waals surface area contributed by atoms with Gasteiger partial charge in [-0.3, -0.25) is 0 Å².